The van der Waals surface area contributed by atoms with Crippen molar-refractivity contribution in [3.8, 4) is 0 Å². The van der Waals surface area contributed by atoms with Gasteiger partial charge in [-0.1, -0.05) is 45.9 Å². The maximum Gasteiger partial charge on any atom is 0.0237 e. The molecule has 0 radical (unpaired) electrons. The van der Waals surface area contributed by atoms with Gasteiger partial charge in [-0.25, -0.2) is 0 Å². The molecule has 0 unspecified atom stereocenters. The first-order valence-electron chi connectivity index (χ1n) is 6.41. The van der Waals surface area contributed by atoms with Gasteiger partial charge in [0, 0.05) is 18.5 Å². The van der Waals surface area contributed by atoms with Crippen molar-refractivity contribution in [3.05, 3.63) is 34.9 Å². The maximum absolute atomic E-state index is 2.54. The number of benzene rings is 1. The van der Waals surface area contributed by atoms with E-state index in [2.05, 4.69) is 50.8 Å². The Morgan fingerprint density at radius 1 is 1.25 bits per heavy atom. The first kappa shape index (κ1) is 11.7. The first-order chi connectivity index (χ1) is 7.56. The van der Waals surface area contributed by atoms with Crippen LogP contribution >= 0.6 is 0 Å². The molecular formula is C15H23N. The molecule has 2 rings (SSSR count). The van der Waals surface area contributed by atoms with Crippen molar-refractivity contribution < 1.29 is 0 Å². The van der Waals surface area contributed by atoms with Gasteiger partial charge in [0.05, 0.1) is 0 Å². The van der Waals surface area contributed by atoms with E-state index in [0.29, 0.717) is 5.41 Å². The van der Waals surface area contributed by atoms with Crippen LogP contribution in [0.15, 0.2) is 18.2 Å². The molecule has 1 heterocycles. The van der Waals surface area contributed by atoms with E-state index in [1.165, 1.54) is 17.7 Å². The molecule has 88 valence electrons. The van der Waals surface area contributed by atoms with Gasteiger partial charge < -0.3 is 0 Å². The standard InChI is InChI=1S/C15H23N/c1-5-12-7-8-14-13(9-12)10-16(6-2)11-15(14,3)4/h7-9H,5-6,10-11H2,1-4H3. The molecule has 0 bridgehead atoms. The molecule has 0 saturated heterocycles. The number of aryl methyl sites for hydroxylation is 1. The van der Waals surface area contributed by atoms with Crippen LogP contribution in [0.25, 0.3) is 0 Å². The summed E-state index contributed by atoms with van der Waals surface area (Å²) in [6, 6.07) is 7.04. The molecular weight excluding hydrogens is 194 g/mol. The zero-order valence-electron chi connectivity index (χ0n) is 11.0. The lowest BCUT2D eigenvalue weighted by Crippen LogP contribution is -2.41. The van der Waals surface area contributed by atoms with Gasteiger partial charge in [0.1, 0.15) is 0 Å². The summed E-state index contributed by atoms with van der Waals surface area (Å²) in [5.41, 5.74) is 4.86. The molecule has 0 spiro atoms. The average Bonchev–Trinajstić information content (AvgIpc) is 2.27. The summed E-state index contributed by atoms with van der Waals surface area (Å²) in [6.45, 7) is 12.7. The second-order valence-corrected chi connectivity index (χ2v) is 5.53. The number of hydrogen-bond donors (Lipinski definition) is 0. The third kappa shape index (κ3) is 2.01. The minimum atomic E-state index is 0.301. The van der Waals surface area contributed by atoms with Gasteiger partial charge in [-0.05, 0) is 29.7 Å². The van der Waals surface area contributed by atoms with Gasteiger partial charge in [0.2, 0.25) is 0 Å². The average molecular weight is 217 g/mol. The van der Waals surface area contributed by atoms with Crippen LogP contribution in [0.5, 0.6) is 0 Å². The molecule has 1 aromatic rings. The second kappa shape index (κ2) is 4.21. The molecule has 0 atom stereocenters. The normalized spacial score (nSPS) is 19.5. The van der Waals surface area contributed by atoms with Crippen molar-refractivity contribution in [3.63, 3.8) is 0 Å². The van der Waals surface area contributed by atoms with Gasteiger partial charge in [0.25, 0.3) is 0 Å². The Morgan fingerprint density at radius 3 is 2.62 bits per heavy atom. The van der Waals surface area contributed by atoms with Crippen molar-refractivity contribution in [2.24, 2.45) is 0 Å². The largest absolute Gasteiger partial charge is 0.298 e. The molecule has 1 aliphatic heterocycles. The fraction of sp³-hybridized carbons (Fsp3) is 0.600. The van der Waals surface area contributed by atoms with Crippen LogP contribution in [0, 0.1) is 0 Å². The minimum absolute atomic E-state index is 0.301. The summed E-state index contributed by atoms with van der Waals surface area (Å²) >= 11 is 0. The van der Waals surface area contributed by atoms with Crippen molar-refractivity contribution in [2.75, 3.05) is 13.1 Å². The summed E-state index contributed by atoms with van der Waals surface area (Å²) in [5.74, 6) is 0. The van der Waals surface area contributed by atoms with E-state index >= 15 is 0 Å². The minimum Gasteiger partial charge on any atom is -0.298 e. The van der Waals surface area contributed by atoms with Gasteiger partial charge in [0.15, 0.2) is 0 Å². The second-order valence-electron chi connectivity index (χ2n) is 5.53. The van der Waals surface area contributed by atoms with Crippen LogP contribution in [0.4, 0.5) is 0 Å². The quantitative estimate of drug-likeness (QED) is 0.734. The van der Waals surface area contributed by atoms with Gasteiger partial charge in [-0.15, -0.1) is 0 Å². The fourth-order valence-corrected chi connectivity index (χ4v) is 2.82. The predicted molar refractivity (Wildman–Crippen MR) is 69.8 cm³/mol. The summed E-state index contributed by atoms with van der Waals surface area (Å²) < 4.78 is 0. The molecule has 0 fully saturated rings. The number of nitrogens with zero attached hydrogens (tertiary/aromatic N) is 1. The molecule has 0 amide bonds. The van der Waals surface area contributed by atoms with E-state index in [-0.39, 0.29) is 0 Å². The van der Waals surface area contributed by atoms with E-state index < -0.39 is 0 Å². The molecule has 0 saturated carbocycles. The highest BCUT2D eigenvalue weighted by Gasteiger charge is 2.30. The maximum atomic E-state index is 2.54. The van der Waals surface area contributed by atoms with Crippen molar-refractivity contribution in [2.45, 2.75) is 46.1 Å². The Labute approximate surface area is 99.5 Å². The Bertz CT molecular complexity index is 379. The fourth-order valence-electron chi connectivity index (χ4n) is 2.82. The van der Waals surface area contributed by atoms with E-state index in [0.717, 1.165) is 19.5 Å². The summed E-state index contributed by atoms with van der Waals surface area (Å²) in [6.07, 6.45) is 1.14. The summed E-state index contributed by atoms with van der Waals surface area (Å²) in [7, 11) is 0. The smallest absolute Gasteiger partial charge is 0.0237 e. The van der Waals surface area contributed by atoms with Crippen LogP contribution in [0.3, 0.4) is 0 Å². The van der Waals surface area contributed by atoms with Gasteiger partial charge in [-0.3, -0.25) is 4.90 Å². The topological polar surface area (TPSA) is 3.24 Å². The highest BCUT2D eigenvalue weighted by atomic mass is 15.1. The molecule has 1 aromatic carbocycles. The Hall–Kier alpha value is -0.820. The molecule has 1 aliphatic rings. The molecule has 0 aromatic heterocycles. The Morgan fingerprint density at radius 2 is 2.00 bits per heavy atom. The van der Waals surface area contributed by atoms with Crippen molar-refractivity contribution in [1.29, 1.82) is 0 Å². The van der Waals surface area contributed by atoms with Gasteiger partial charge in [-0.2, -0.15) is 0 Å². The molecule has 0 N–H and O–H groups in total. The zero-order chi connectivity index (χ0) is 11.8. The van der Waals surface area contributed by atoms with Crippen LogP contribution in [-0.4, -0.2) is 18.0 Å². The molecule has 16 heavy (non-hydrogen) atoms. The van der Waals surface area contributed by atoms with Crippen LogP contribution < -0.4 is 0 Å². The van der Waals surface area contributed by atoms with Crippen molar-refractivity contribution in [1.82, 2.24) is 4.90 Å². The number of hydrogen-bond acceptors (Lipinski definition) is 1. The van der Waals surface area contributed by atoms with E-state index in [1.54, 1.807) is 5.56 Å². The van der Waals surface area contributed by atoms with Crippen LogP contribution in [0.2, 0.25) is 0 Å². The van der Waals surface area contributed by atoms with E-state index in [1.807, 2.05) is 0 Å². The first-order valence-corrected chi connectivity index (χ1v) is 6.41. The van der Waals surface area contributed by atoms with Gasteiger partial charge >= 0.3 is 0 Å². The number of rotatable bonds is 2. The van der Waals surface area contributed by atoms with Crippen molar-refractivity contribution >= 4 is 0 Å². The lowest BCUT2D eigenvalue weighted by Gasteiger charge is -2.39. The summed E-state index contributed by atoms with van der Waals surface area (Å²) in [4.78, 5) is 2.54. The zero-order valence-corrected chi connectivity index (χ0v) is 11.0. The lowest BCUT2D eigenvalue weighted by molar-refractivity contribution is 0.203. The third-order valence-electron chi connectivity index (χ3n) is 3.77. The predicted octanol–water partition coefficient (Wildman–Crippen LogP) is 3.36. The number of likely N-dealkylation sites (N-methyl/N-ethyl adjacent to an activating group) is 1. The van der Waals surface area contributed by atoms with Crippen LogP contribution in [-0.2, 0) is 18.4 Å². The Balaban J connectivity index is 2.42. The SMILES string of the molecule is CCc1ccc2c(c1)CN(CC)CC2(C)C. The number of fused-ring (bicyclic) bond motifs is 1. The molecule has 0 aliphatic carbocycles. The van der Waals surface area contributed by atoms with E-state index in [4.69, 9.17) is 0 Å². The summed E-state index contributed by atoms with van der Waals surface area (Å²) in [5, 5.41) is 0. The monoisotopic (exact) mass is 217 g/mol. The Kier molecular flexibility index (Phi) is 3.07. The highest BCUT2D eigenvalue weighted by molar-refractivity contribution is 5.39. The molecule has 1 nitrogen and oxygen atoms in total. The van der Waals surface area contributed by atoms with E-state index in [9.17, 15) is 0 Å². The highest BCUT2D eigenvalue weighted by Crippen LogP contribution is 2.33. The lowest BCUT2D eigenvalue weighted by atomic mass is 9.78. The van der Waals surface area contributed by atoms with Crippen LogP contribution in [0.1, 0.15) is 44.4 Å². The third-order valence-corrected chi connectivity index (χ3v) is 3.77. The molecule has 1 heteroatoms.